The van der Waals surface area contributed by atoms with Gasteiger partial charge in [0.05, 0.1) is 11.8 Å². The fraction of sp³-hybridized carbons (Fsp3) is 0.389. The van der Waals surface area contributed by atoms with Crippen molar-refractivity contribution in [2.45, 2.75) is 25.5 Å². The number of nitrogens with zero attached hydrogens (tertiary/aromatic N) is 2. The van der Waals surface area contributed by atoms with Crippen LogP contribution in [0, 0.1) is 11.7 Å². The van der Waals surface area contributed by atoms with Crippen LogP contribution in [0.3, 0.4) is 0 Å². The third kappa shape index (κ3) is 4.08. The van der Waals surface area contributed by atoms with Crippen LogP contribution in [0.1, 0.15) is 30.2 Å². The second kappa shape index (κ2) is 7.39. The number of likely N-dealkylation sites (tertiary alicyclic amines) is 1. The summed E-state index contributed by atoms with van der Waals surface area (Å²) in [6.07, 6.45) is 3.03. The smallest absolute Gasteiger partial charge is 0.124 e. The summed E-state index contributed by atoms with van der Waals surface area (Å²) < 4.78 is 13.1. The average Bonchev–Trinajstić information content (AvgIpc) is 2.58. The first-order valence-corrected chi connectivity index (χ1v) is 8.26. The van der Waals surface area contributed by atoms with Gasteiger partial charge in [-0.3, -0.25) is 9.88 Å². The summed E-state index contributed by atoms with van der Waals surface area (Å²) in [5.41, 5.74) is 1.68. The highest BCUT2D eigenvalue weighted by atomic mass is 35.5. The zero-order valence-corrected chi connectivity index (χ0v) is 13.6. The Hall–Kier alpha value is -1.49. The average molecular weight is 335 g/mol. The number of rotatable bonds is 4. The van der Waals surface area contributed by atoms with E-state index in [0.29, 0.717) is 11.6 Å². The van der Waals surface area contributed by atoms with Crippen molar-refractivity contribution in [2.75, 3.05) is 13.1 Å². The Labute approximate surface area is 140 Å². The van der Waals surface area contributed by atoms with E-state index in [9.17, 15) is 9.50 Å². The molecule has 1 atom stereocenters. The summed E-state index contributed by atoms with van der Waals surface area (Å²) in [6.45, 7) is 2.50. The van der Waals surface area contributed by atoms with Gasteiger partial charge in [0.25, 0.3) is 0 Å². The summed E-state index contributed by atoms with van der Waals surface area (Å²) in [6, 6.07) is 10.2. The van der Waals surface area contributed by atoms with Gasteiger partial charge in [-0.1, -0.05) is 23.7 Å². The van der Waals surface area contributed by atoms with E-state index >= 15 is 0 Å². The molecule has 0 bridgehead atoms. The third-order valence-corrected chi connectivity index (χ3v) is 4.83. The van der Waals surface area contributed by atoms with Crippen molar-refractivity contribution in [3.63, 3.8) is 0 Å². The first kappa shape index (κ1) is 16.4. The molecule has 3 nitrogen and oxygen atoms in total. The Morgan fingerprint density at radius 2 is 2.04 bits per heavy atom. The summed E-state index contributed by atoms with van der Waals surface area (Å²) >= 11 is 6.09. The van der Waals surface area contributed by atoms with E-state index in [-0.39, 0.29) is 11.7 Å². The number of aliphatic hydroxyl groups excluding tert-OH is 1. The molecule has 122 valence electrons. The van der Waals surface area contributed by atoms with Crippen LogP contribution < -0.4 is 0 Å². The van der Waals surface area contributed by atoms with Crippen LogP contribution in [0.15, 0.2) is 42.6 Å². The first-order chi connectivity index (χ1) is 11.1. The molecule has 23 heavy (non-hydrogen) atoms. The molecule has 1 N–H and O–H groups in total. The molecule has 2 heterocycles. The predicted molar refractivity (Wildman–Crippen MR) is 88.6 cm³/mol. The van der Waals surface area contributed by atoms with Crippen LogP contribution in [0.2, 0.25) is 5.02 Å². The molecule has 3 rings (SSSR count). The summed E-state index contributed by atoms with van der Waals surface area (Å²) in [7, 11) is 0. The molecule has 2 aromatic rings. The van der Waals surface area contributed by atoms with E-state index in [1.54, 1.807) is 12.3 Å². The molecule has 0 saturated carbocycles. The van der Waals surface area contributed by atoms with Gasteiger partial charge in [-0.2, -0.15) is 0 Å². The van der Waals surface area contributed by atoms with Crippen molar-refractivity contribution in [1.29, 1.82) is 0 Å². The Kier molecular flexibility index (Phi) is 5.26. The van der Waals surface area contributed by atoms with Crippen LogP contribution >= 0.6 is 11.6 Å². The normalized spacial score (nSPS) is 18.0. The lowest BCUT2D eigenvalue weighted by Crippen LogP contribution is -2.35. The van der Waals surface area contributed by atoms with E-state index in [1.165, 1.54) is 12.1 Å². The number of benzene rings is 1. The highest BCUT2D eigenvalue weighted by molar-refractivity contribution is 6.31. The Morgan fingerprint density at radius 1 is 1.26 bits per heavy atom. The van der Waals surface area contributed by atoms with Crippen LogP contribution in [-0.2, 0) is 6.54 Å². The maximum Gasteiger partial charge on any atom is 0.124 e. The quantitative estimate of drug-likeness (QED) is 0.923. The van der Waals surface area contributed by atoms with Gasteiger partial charge in [0.1, 0.15) is 5.82 Å². The van der Waals surface area contributed by atoms with Crippen LogP contribution in [0.4, 0.5) is 4.39 Å². The van der Waals surface area contributed by atoms with E-state index in [0.717, 1.165) is 37.2 Å². The maximum atomic E-state index is 13.1. The molecule has 0 radical (unpaired) electrons. The molecular formula is C18H20ClFN2O. The highest BCUT2D eigenvalue weighted by Crippen LogP contribution is 2.30. The number of halogens is 2. The Morgan fingerprint density at radius 3 is 2.70 bits per heavy atom. The van der Waals surface area contributed by atoms with Crippen LogP contribution in [0.25, 0.3) is 0 Å². The van der Waals surface area contributed by atoms with Crippen molar-refractivity contribution in [2.24, 2.45) is 5.92 Å². The third-order valence-electron chi connectivity index (χ3n) is 4.48. The fourth-order valence-corrected chi connectivity index (χ4v) is 3.34. The maximum absolute atomic E-state index is 13.1. The van der Waals surface area contributed by atoms with Crippen LogP contribution in [0.5, 0.6) is 0 Å². The molecule has 0 aliphatic carbocycles. The lowest BCUT2D eigenvalue weighted by atomic mass is 9.89. The Balaban J connectivity index is 1.56. The van der Waals surface area contributed by atoms with Gasteiger partial charge in [0.2, 0.25) is 0 Å². The molecular weight excluding hydrogens is 315 g/mol. The molecule has 1 unspecified atom stereocenters. The first-order valence-electron chi connectivity index (χ1n) is 7.89. The van der Waals surface area contributed by atoms with Gasteiger partial charge in [0.15, 0.2) is 0 Å². The molecule has 1 aromatic carbocycles. The molecule has 0 spiro atoms. The molecule has 5 heteroatoms. The van der Waals surface area contributed by atoms with Crippen molar-refractivity contribution in [1.82, 2.24) is 9.88 Å². The lowest BCUT2D eigenvalue weighted by molar-refractivity contribution is 0.0540. The van der Waals surface area contributed by atoms with Gasteiger partial charge in [-0.25, -0.2) is 4.39 Å². The van der Waals surface area contributed by atoms with E-state index in [4.69, 9.17) is 11.6 Å². The topological polar surface area (TPSA) is 36.4 Å². The minimum Gasteiger partial charge on any atom is -0.387 e. The zero-order valence-electron chi connectivity index (χ0n) is 12.8. The molecule has 1 fully saturated rings. The number of hydrogen-bond donors (Lipinski definition) is 1. The van der Waals surface area contributed by atoms with Gasteiger partial charge >= 0.3 is 0 Å². The van der Waals surface area contributed by atoms with Gasteiger partial charge in [-0.05, 0) is 61.7 Å². The standard InChI is InChI=1S/C18H20ClFN2O/c19-16-11-15(20)5-4-14(16)12-22-9-6-13(7-10-22)18(23)17-3-1-2-8-21-17/h1-5,8,11,13,18,23H,6-7,9-10,12H2. The van der Waals surface area contributed by atoms with Crippen molar-refractivity contribution < 1.29 is 9.50 Å². The molecule has 1 aliphatic rings. The summed E-state index contributed by atoms with van der Waals surface area (Å²) in [5, 5.41) is 10.9. The van der Waals surface area contributed by atoms with Gasteiger partial charge in [-0.15, -0.1) is 0 Å². The lowest BCUT2D eigenvalue weighted by Gasteiger charge is -2.34. The van der Waals surface area contributed by atoms with E-state index in [2.05, 4.69) is 9.88 Å². The van der Waals surface area contributed by atoms with E-state index in [1.807, 2.05) is 18.2 Å². The largest absolute Gasteiger partial charge is 0.387 e. The number of aliphatic hydroxyl groups is 1. The number of pyridine rings is 1. The van der Waals surface area contributed by atoms with Crippen molar-refractivity contribution in [3.05, 3.63) is 64.7 Å². The van der Waals surface area contributed by atoms with Gasteiger partial charge < -0.3 is 5.11 Å². The summed E-state index contributed by atoms with van der Waals surface area (Å²) in [4.78, 5) is 6.54. The van der Waals surface area contributed by atoms with Crippen molar-refractivity contribution in [3.8, 4) is 0 Å². The number of piperidine rings is 1. The minimum absolute atomic E-state index is 0.227. The van der Waals surface area contributed by atoms with Crippen molar-refractivity contribution >= 4 is 11.6 Å². The minimum atomic E-state index is -0.507. The molecule has 0 amide bonds. The Bertz CT molecular complexity index is 645. The zero-order chi connectivity index (χ0) is 16.2. The second-order valence-corrected chi connectivity index (χ2v) is 6.46. The predicted octanol–water partition coefficient (Wildman–Crippen LogP) is 3.82. The SMILES string of the molecule is OC(c1ccccn1)C1CCN(Cc2ccc(F)cc2Cl)CC1. The monoisotopic (exact) mass is 334 g/mol. The fourth-order valence-electron chi connectivity index (χ4n) is 3.11. The number of hydrogen-bond acceptors (Lipinski definition) is 3. The summed E-state index contributed by atoms with van der Waals surface area (Å²) in [5.74, 6) is -0.0826. The highest BCUT2D eigenvalue weighted by Gasteiger charge is 2.27. The molecule has 1 aromatic heterocycles. The second-order valence-electron chi connectivity index (χ2n) is 6.05. The van der Waals surface area contributed by atoms with Gasteiger partial charge in [0, 0.05) is 17.8 Å². The molecule has 1 aliphatic heterocycles. The number of aromatic nitrogens is 1. The molecule has 1 saturated heterocycles. The van der Waals surface area contributed by atoms with Crippen LogP contribution in [-0.4, -0.2) is 28.1 Å². The van der Waals surface area contributed by atoms with E-state index < -0.39 is 6.10 Å².